The lowest BCUT2D eigenvalue weighted by molar-refractivity contribution is 0.0600. The van der Waals surface area contributed by atoms with Crippen molar-refractivity contribution >= 4 is 11.9 Å². The first-order valence-electron chi connectivity index (χ1n) is 4.16. The number of ether oxygens (including phenoxy) is 2. The molecule has 0 saturated carbocycles. The third-order valence-corrected chi connectivity index (χ3v) is 1.89. The molecule has 2 N–H and O–H groups in total. The number of carbonyl (C=O) groups excluding carboxylic acids is 2. The Morgan fingerprint density at radius 2 is 1.93 bits per heavy atom. The van der Waals surface area contributed by atoms with E-state index in [0.29, 0.717) is 5.75 Å². The third-order valence-electron chi connectivity index (χ3n) is 1.89. The van der Waals surface area contributed by atoms with Crippen LogP contribution in [0, 0.1) is 0 Å². The Morgan fingerprint density at radius 3 is 2.40 bits per heavy atom. The van der Waals surface area contributed by atoms with E-state index in [2.05, 4.69) is 4.74 Å². The standard InChI is InChI=1S/C10H11NO4/c1-14-8-4-3-6(10(13)15-2)5-7(8)9(11)12/h3-5H,1-2H3,(H2,11,12). The summed E-state index contributed by atoms with van der Waals surface area (Å²) in [6.45, 7) is 0. The normalized spacial score (nSPS) is 9.47. The van der Waals surface area contributed by atoms with Gasteiger partial charge < -0.3 is 15.2 Å². The molecular weight excluding hydrogens is 198 g/mol. The van der Waals surface area contributed by atoms with Gasteiger partial charge in [-0.25, -0.2) is 4.79 Å². The lowest BCUT2D eigenvalue weighted by atomic mass is 10.1. The topological polar surface area (TPSA) is 78.6 Å². The zero-order valence-electron chi connectivity index (χ0n) is 8.44. The number of esters is 1. The Hall–Kier alpha value is -2.04. The van der Waals surface area contributed by atoms with Crippen LogP contribution in [0.25, 0.3) is 0 Å². The van der Waals surface area contributed by atoms with E-state index in [0.717, 1.165) is 0 Å². The molecule has 0 heterocycles. The van der Waals surface area contributed by atoms with Gasteiger partial charge in [-0.15, -0.1) is 0 Å². The molecule has 5 nitrogen and oxygen atoms in total. The predicted molar refractivity (Wildman–Crippen MR) is 52.9 cm³/mol. The van der Waals surface area contributed by atoms with Gasteiger partial charge in [0.25, 0.3) is 5.91 Å². The van der Waals surface area contributed by atoms with Gasteiger partial charge in [-0.05, 0) is 18.2 Å². The van der Waals surface area contributed by atoms with Gasteiger partial charge in [0.2, 0.25) is 0 Å². The highest BCUT2D eigenvalue weighted by atomic mass is 16.5. The molecule has 1 rings (SSSR count). The van der Waals surface area contributed by atoms with Crippen LogP contribution in [-0.4, -0.2) is 26.1 Å². The van der Waals surface area contributed by atoms with Crippen molar-refractivity contribution in [1.82, 2.24) is 0 Å². The second kappa shape index (κ2) is 4.45. The van der Waals surface area contributed by atoms with Gasteiger partial charge in [0.05, 0.1) is 25.3 Å². The fourth-order valence-electron chi connectivity index (χ4n) is 1.15. The van der Waals surface area contributed by atoms with Gasteiger partial charge in [0, 0.05) is 0 Å². The second-order valence-corrected chi connectivity index (χ2v) is 2.77. The molecule has 0 radical (unpaired) electrons. The van der Waals surface area contributed by atoms with E-state index in [1.807, 2.05) is 0 Å². The monoisotopic (exact) mass is 209 g/mol. The summed E-state index contributed by atoms with van der Waals surface area (Å²) < 4.78 is 9.43. The highest BCUT2D eigenvalue weighted by molar-refractivity contribution is 5.99. The van der Waals surface area contributed by atoms with E-state index in [1.165, 1.54) is 32.4 Å². The van der Waals surface area contributed by atoms with Crippen LogP contribution in [0.1, 0.15) is 20.7 Å². The number of hydrogen-bond donors (Lipinski definition) is 1. The molecule has 0 saturated heterocycles. The van der Waals surface area contributed by atoms with E-state index in [4.69, 9.17) is 10.5 Å². The second-order valence-electron chi connectivity index (χ2n) is 2.77. The van der Waals surface area contributed by atoms with Crippen LogP contribution in [0.4, 0.5) is 0 Å². The summed E-state index contributed by atoms with van der Waals surface area (Å²) in [4.78, 5) is 22.2. The number of rotatable bonds is 3. The molecule has 0 aliphatic rings. The highest BCUT2D eigenvalue weighted by Gasteiger charge is 2.13. The minimum Gasteiger partial charge on any atom is -0.496 e. The molecule has 0 spiro atoms. The first-order valence-corrected chi connectivity index (χ1v) is 4.16. The number of hydrogen-bond acceptors (Lipinski definition) is 4. The molecular formula is C10H11NO4. The van der Waals surface area contributed by atoms with Crippen molar-refractivity contribution in [1.29, 1.82) is 0 Å². The summed E-state index contributed by atoms with van der Waals surface area (Å²) in [6, 6.07) is 4.33. The molecule has 1 amide bonds. The van der Waals surface area contributed by atoms with E-state index in [1.54, 1.807) is 0 Å². The molecule has 0 unspecified atom stereocenters. The summed E-state index contributed by atoms with van der Waals surface area (Å²) in [7, 11) is 2.68. The summed E-state index contributed by atoms with van der Waals surface area (Å²) in [6.07, 6.45) is 0. The van der Waals surface area contributed by atoms with Crippen LogP contribution in [0.2, 0.25) is 0 Å². The average molecular weight is 209 g/mol. The number of benzene rings is 1. The van der Waals surface area contributed by atoms with Crippen LogP contribution >= 0.6 is 0 Å². The summed E-state index contributed by atoms with van der Waals surface area (Å²) in [5, 5.41) is 0. The molecule has 0 aliphatic heterocycles. The van der Waals surface area contributed by atoms with E-state index in [9.17, 15) is 9.59 Å². The van der Waals surface area contributed by atoms with Gasteiger partial charge in [-0.2, -0.15) is 0 Å². The Bertz CT molecular complexity index is 400. The van der Waals surface area contributed by atoms with Crippen LogP contribution in [0.3, 0.4) is 0 Å². The van der Waals surface area contributed by atoms with E-state index < -0.39 is 11.9 Å². The van der Waals surface area contributed by atoms with Crippen LogP contribution in [-0.2, 0) is 4.74 Å². The molecule has 15 heavy (non-hydrogen) atoms. The molecule has 0 fully saturated rings. The maximum atomic E-state index is 11.2. The smallest absolute Gasteiger partial charge is 0.337 e. The van der Waals surface area contributed by atoms with Gasteiger partial charge in [-0.1, -0.05) is 0 Å². The van der Waals surface area contributed by atoms with Crippen LogP contribution < -0.4 is 10.5 Å². The summed E-state index contributed by atoms with van der Waals surface area (Å²) >= 11 is 0. The summed E-state index contributed by atoms with van der Waals surface area (Å²) in [5.41, 5.74) is 5.54. The first-order chi connectivity index (χ1) is 7.10. The van der Waals surface area contributed by atoms with Gasteiger partial charge in [0.15, 0.2) is 0 Å². The van der Waals surface area contributed by atoms with E-state index >= 15 is 0 Å². The van der Waals surface area contributed by atoms with Crippen molar-refractivity contribution in [3.05, 3.63) is 29.3 Å². The fraction of sp³-hybridized carbons (Fsp3) is 0.200. The Balaban J connectivity index is 3.22. The van der Waals surface area contributed by atoms with E-state index in [-0.39, 0.29) is 11.1 Å². The molecule has 0 aliphatic carbocycles. The molecule has 80 valence electrons. The van der Waals surface area contributed by atoms with Crippen molar-refractivity contribution in [2.45, 2.75) is 0 Å². The SMILES string of the molecule is COC(=O)c1ccc(OC)c(C(N)=O)c1. The van der Waals surface area contributed by atoms with Crippen molar-refractivity contribution in [3.8, 4) is 5.75 Å². The molecule has 5 heteroatoms. The predicted octanol–water partition coefficient (Wildman–Crippen LogP) is 0.581. The quantitative estimate of drug-likeness (QED) is 0.738. The average Bonchev–Trinajstić information content (AvgIpc) is 2.27. The highest BCUT2D eigenvalue weighted by Crippen LogP contribution is 2.19. The molecule has 1 aromatic rings. The summed E-state index contributed by atoms with van der Waals surface area (Å²) in [5.74, 6) is -0.854. The minimum atomic E-state index is -0.655. The number of methoxy groups -OCH3 is 2. The van der Waals surface area contributed by atoms with Gasteiger partial charge >= 0.3 is 5.97 Å². The first kappa shape index (κ1) is 11.0. The zero-order valence-corrected chi connectivity index (χ0v) is 8.44. The van der Waals surface area contributed by atoms with Crippen molar-refractivity contribution < 1.29 is 19.1 Å². The Morgan fingerprint density at radius 1 is 1.27 bits per heavy atom. The molecule has 0 aromatic heterocycles. The van der Waals surface area contributed by atoms with Gasteiger partial charge in [0.1, 0.15) is 5.75 Å². The number of amides is 1. The number of nitrogens with two attached hydrogens (primary N) is 1. The maximum absolute atomic E-state index is 11.2. The third kappa shape index (κ3) is 2.25. The lowest BCUT2D eigenvalue weighted by Gasteiger charge is -2.06. The fourth-order valence-corrected chi connectivity index (χ4v) is 1.15. The molecule has 0 bridgehead atoms. The Kier molecular flexibility index (Phi) is 3.28. The van der Waals surface area contributed by atoms with Crippen LogP contribution in [0.5, 0.6) is 5.75 Å². The van der Waals surface area contributed by atoms with Crippen molar-refractivity contribution in [2.24, 2.45) is 5.73 Å². The van der Waals surface area contributed by atoms with Crippen molar-refractivity contribution in [2.75, 3.05) is 14.2 Å². The lowest BCUT2D eigenvalue weighted by Crippen LogP contribution is -2.14. The number of primary amides is 1. The Labute approximate surface area is 86.8 Å². The molecule has 1 aromatic carbocycles. The zero-order chi connectivity index (χ0) is 11.4. The van der Waals surface area contributed by atoms with Crippen LogP contribution in [0.15, 0.2) is 18.2 Å². The largest absolute Gasteiger partial charge is 0.496 e. The molecule has 0 atom stereocenters. The van der Waals surface area contributed by atoms with Crippen molar-refractivity contribution in [3.63, 3.8) is 0 Å². The maximum Gasteiger partial charge on any atom is 0.337 e. The minimum absolute atomic E-state index is 0.153. The van der Waals surface area contributed by atoms with Gasteiger partial charge in [-0.3, -0.25) is 4.79 Å². The number of carbonyl (C=O) groups is 2.